The molecule has 29 heavy (non-hydrogen) atoms. The molecule has 1 aliphatic heterocycles. The van der Waals surface area contributed by atoms with E-state index in [9.17, 15) is 0 Å². The van der Waals surface area contributed by atoms with Gasteiger partial charge < -0.3 is 18.9 Å². The summed E-state index contributed by atoms with van der Waals surface area (Å²) in [5.41, 5.74) is 1.98. The van der Waals surface area contributed by atoms with Gasteiger partial charge >= 0.3 is 0 Å². The molecular formula is C22H28ClNO4S. The molecule has 2 aromatic rings. The first-order valence-electron chi connectivity index (χ1n) is 9.42. The SMILES string of the molecule is COc1cc(COCC2(N(C)C)CCSc3ccc(Cl)cc32)cc(OC)c1OC. The van der Waals surface area contributed by atoms with Crippen LogP contribution in [0.1, 0.15) is 17.5 Å². The Bertz CT molecular complexity index is 836. The molecule has 0 fully saturated rings. The van der Waals surface area contributed by atoms with Crippen molar-refractivity contribution in [1.29, 1.82) is 0 Å². The van der Waals surface area contributed by atoms with E-state index in [4.69, 9.17) is 30.5 Å². The van der Waals surface area contributed by atoms with Crippen LogP contribution in [0, 0.1) is 0 Å². The fourth-order valence-corrected chi connectivity index (χ4v) is 5.16. The predicted molar refractivity (Wildman–Crippen MR) is 118 cm³/mol. The van der Waals surface area contributed by atoms with Crippen LogP contribution in [0.15, 0.2) is 35.2 Å². The summed E-state index contributed by atoms with van der Waals surface area (Å²) in [5.74, 6) is 2.87. The van der Waals surface area contributed by atoms with Gasteiger partial charge in [0.1, 0.15) is 0 Å². The van der Waals surface area contributed by atoms with E-state index in [1.54, 1.807) is 21.3 Å². The minimum Gasteiger partial charge on any atom is -0.493 e. The first kappa shape index (κ1) is 22.1. The zero-order valence-electron chi connectivity index (χ0n) is 17.6. The van der Waals surface area contributed by atoms with Gasteiger partial charge in [-0.25, -0.2) is 0 Å². The average molecular weight is 438 g/mol. The number of ether oxygens (including phenoxy) is 4. The number of fused-ring (bicyclic) bond motifs is 1. The summed E-state index contributed by atoms with van der Waals surface area (Å²) in [4.78, 5) is 3.52. The molecule has 0 radical (unpaired) electrons. The van der Waals surface area contributed by atoms with Gasteiger partial charge in [0.25, 0.3) is 0 Å². The number of halogens is 1. The molecule has 1 unspecified atom stereocenters. The summed E-state index contributed by atoms with van der Waals surface area (Å²) >= 11 is 8.20. The maximum absolute atomic E-state index is 6.33. The minimum absolute atomic E-state index is 0.216. The van der Waals surface area contributed by atoms with E-state index >= 15 is 0 Å². The third-order valence-corrected chi connectivity index (χ3v) is 6.72. The van der Waals surface area contributed by atoms with Crippen LogP contribution >= 0.6 is 23.4 Å². The van der Waals surface area contributed by atoms with Crippen molar-refractivity contribution in [3.63, 3.8) is 0 Å². The van der Waals surface area contributed by atoms with Gasteiger partial charge in [-0.1, -0.05) is 11.6 Å². The fourth-order valence-electron chi connectivity index (χ4n) is 3.76. The van der Waals surface area contributed by atoms with Crippen LogP contribution in [0.2, 0.25) is 5.02 Å². The Morgan fingerprint density at radius 2 is 1.72 bits per heavy atom. The highest BCUT2D eigenvalue weighted by atomic mass is 35.5. The molecule has 0 spiro atoms. The van der Waals surface area contributed by atoms with Crippen molar-refractivity contribution in [2.24, 2.45) is 0 Å². The van der Waals surface area contributed by atoms with Gasteiger partial charge in [-0.3, -0.25) is 4.90 Å². The number of thioether (sulfide) groups is 1. The van der Waals surface area contributed by atoms with Gasteiger partial charge in [-0.05, 0) is 62.0 Å². The Morgan fingerprint density at radius 1 is 1.03 bits per heavy atom. The normalized spacial score (nSPS) is 18.4. The molecule has 1 heterocycles. The van der Waals surface area contributed by atoms with E-state index in [0.717, 1.165) is 22.8 Å². The van der Waals surface area contributed by atoms with Crippen LogP contribution in [0.5, 0.6) is 17.2 Å². The zero-order chi connectivity index (χ0) is 21.0. The quantitative estimate of drug-likeness (QED) is 0.588. The topological polar surface area (TPSA) is 40.2 Å². The summed E-state index contributed by atoms with van der Waals surface area (Å²) in [6, 6.07) is 9.98. The fraction of sp³-hybridized carbons (Fsp3) is 0.455. The maximum atomic E-state index is 6.33. The van der Waals surface area contributed by atoms with Crippen molar-refractivity contribution in [1.82, 2.24) is 4.90 Å². The number of hydrogen-bond acceptors (Lipinski definition) is 6. The van der Waals surface area contributed by atoms with Gasteiger partial charge in [-0.2, -0.15) is 0 Å². The van der Waals surface area contributed by atoms with Crippen molar-refractivity contribution in [3.8, 4) is 17.2 Å². The molecule has 0 aromatic heterocycles. The number of likely N-dealkylation sites (N-methyl/N-ethyl adjacent to an activating group) is 1. The number of rotatable bonds is 8. The molecule has 3 rings (SSSR count). The molecule has 158 valence electrons. The number of hydrogen-bond donors (Lipinski definition) is 0. The van der Waals surface area contributed by atoms with Gasteiger partial charge in [0.2, 0.25) is 5.75 Å². The number of benzene rings is 2. The lowest BCUT2D eigenvalue weighted by atomic mass is 9.86. The molecule has 5 nitrogen and oxygen atoms in total. The summed E-state index contributed by atoms with van der Waals surface area (Å²) < 4.78 is 22.5. The maximum Gasteiger partial charge on any atom is 0.203 e. The van der Waals surface area contributed by atoms with Gasteiger partial charge in [-0.15, -0.1) is 11.8 Å². The molecular weight excluding hydrogens is 410 g/mol. The largest absolute Gasteiger partial charge is 0.493 e. The molecule has 2 aromatic carbocycles. The Balaban J connectivity index is 1.83. The van der Waals surface area contributed by atoms with E-state index in [2.05, 4.69) is 31.1 Å². The smallest absolute Gasteiger partial charge is 0.203 e. The van der Waals surface area contributed by atoms with Gasteiger partial charge in [0.05, 0.1) is 40.1 Å². The first-order chi connectivity index (χ1) is 13.9. The van der Waals surface area contributed by atoms with E-state index in [1.165, 1.54) is 10.5 Å². The molecule has 7 heteroatoms. The third kappa shape index (κ3) is 4.45. The lowest BCUT2D eigenvalue weighted by molar-refractivity contribution is 0.000177. The van der Waals surface area contributed by atoms with Crippen molar-refractivity contribution in [2.75, 3.05) is 47.8 Å². The summed E-state index contributed by atoms with van der Waals surface area (Å²) in [6.45, 7) is 1.000. The summed E-state index contributed by atoms with van der Waals surface area (Å²) in [6.07, 6.45) is 0.993. The lowest BCUT2D eigenvalue weighted by Crippen LogP contribution is -2.47. The van der Waals surface area contributed by atoms with Gasteiger partial charge in [0, 0.05) is 15.7 Å². The van der Waals surface area contributed by atoms with Crippen molar-refractivity contribution in [3.05, 3.63) is 46.5 Å². The second-order valence-corrected chi connectivity index (χ2v) is 8.76. The van der Waals surface area contributed by atoms with Crippen LogP contribution < -0.4 is 14.2 Å². The van der Waals surface area contributed by atoms with Crippen LogP contribution in [0.3, 0.4) is 0 Å². The van der Waals surface area contributed by atoms with Crippen molar-refractivity contribution >= 4 is 23.4 Å². The molecule has 1 aliphatic rings. The second kappa shape index (κ2) is 9.47. The van der Waals surface area contributed by atoms with E-state index < -0.39 is 0 Å². The molecule has 0 bridgehead atoms. The minimum atomic E-state index is -0.216. The predicted octanol–water partition coefficient (Wildman–Crippen LogP) is 4.84. The Morgan fingerprint density at radius 3 is 2.31 bits per heavy atom. The molecule has 0 N–H and O–H groups in total. The molecule has 0 amide bonds. The van der Waals surface area contributed by atoms with Crippen molar-refractivity contribution in [2.45, 2.75) is 23.5 Å². The Hall–Kier alpha value is -1.60. The second-order valence-electron chi connectivity index (χ2n) is 7.19. The van der Waals surface area contributed by atoms with Crippen LogP contribution in [-0.4, -0.2) is 52.7 Å². The van der Waals surface area contributed by atoms with Crippen LogP contribution in [0.25, 0.3) is 0 Å². The third-order valence-electron chi connectivity index (χ3n) is 5.41. The van der Waals surface area contributed by atoms with Gasteiger partial charge in [0.15, 0.2) is 11.5 Å². The van der Waals surface area contributed by atoms with Crippen LogP contribution in [-0.2, 0) is 16.9 Å². The van der Waals surface area contributed by atoms with E-state index in [0.29, 0.717) is 30.5 Å². The summed E-state index contributed by atoms with van der Waals surface area (Å²) in [5, 5.41) is 0.752. The Labute approximate surface area is 182 Å². The molecule has 0 aliphatic carbocycles. The standard InChI is InChI=1S/C22H28ClNO4S/c1-24(2)22(8-9-29-20-7-6-16(23)12-17(20)22)14-28-13-15-10-18(25-3)21(27-5)19(11-15)26-4/h6-7,10-12H,8-9,13-14H2,1-5H3. The number of methoxy groups -OCH3 is 3. The molecule has 0 saturated heterocycles. The molecule has 1 atom stereocenters. The van der Waals surface area contributed by atoms with Crippen molar-refractivity contribution < 1.29 is 18.9 Å². The molecule has 0 saturated carbocycles. The highest BCUT2D eigenvalue weighted by Gasteiger charge is 2.39. The average Bonchev–Trinajstić information content (AvgIpc) is 2.72. The zero-order valence-corrected chi connectivity index (χ0v) is 19.2. The highest BCUT2D eigenvalue weighted by Crippen LogP contribution is 2.44. The highest BCUT2D eigenvalue weighted by molar-refractivity contribution is 7.99. The Kier molecular flexibility index (Phi) is 7.22. The van der Waals surface area contributed by atoms with Crippen LogP contribution in [0.4, 0.5) is 0 Å². The van der Waals surface area contributed by atoms with E-state index in [1.807, 2.05) is 30.0 Å². The first-order valence-corrected chi connectivity index (χ1v) is 10.8. The lowest BCUT2D eigenvalue weighted by Gasteiger charge is -2.44. The van der Waals surface area contributed by atoms with E-state index in [-0.39, 0.29) is 5.54 Å². The number of nitrogens with zero attached hydrogens (tertiary/aromatic N) is 1. The monoisotopic (exact) mass is 437 g/mol. The summed E-state index contributed by atoms with van der Waals surface area (Å²) in [7, 11) is 9.03.